The Bertz CT molecular complexity index is 600. The van der Waals surface area contributed by atoms with Crippen LogP contribution in [0.15, 0.2) is 18.2 Å². The molecule has 0 spiro atoms. The van der Waals surface area contributed by atoms with Crippen LogP contribution in [0, 0.1) is 6.57 Å². The third-order valence-corrected chi connectivity index (χ3v) is 2.65. The van der Waals surface area contributed by atoms with Crippen LogP contribution in [0.25, 0.3) is 15.7 Å². The normalized spacial score (nSPS) is 10.2. The van der Waals surface area contributed by atoms with Crippen LogP contribution in [-0.4, -0.2) is 16.5 Å². The highest BCUT2D eigenvalue weighted by Gasteiger charge is 2.06. The van der Waals surface area contributed by atoms with E-state index in [1.807, 2.05) is 0 Å². The van der Waals surface area contributed by atoms with E-state index in [1.54, 1.807) is 18.2 Å². The van der Waals surface area contributed by atoms with Gasteiger partial charge in [-0.2, -0.15) is 4.98 Å². The molecule has 92 valence electrons. The van der Waals surface area contributed by atoms with E-state index in [4.69, 9.17) is 12.3 Å². The lowest BCUT2D eigenvalue weighted by Crippen LogP contribution is -2.06. The zero-order valence-corrected chi connectivity index (χ0v) is 10.3. The lowest BCUT2D eigenvalue weighted by atomic mass is 10.2. The Morgan fingerprint density at radius 3 is 2.94 bits per heavy atom. The monoisotopic (exact) mass is 241 g/mol. The molecule has 1 aromatic carbocycles. The molecule has 2 aromatic rings. The van der Waals surface area contributed by atoms with Crippen molar-refractivity contribution in [3.05, 3.63) is 29.6 Å². The van der Waals surface area contributed by atoms with Crippen LogP contribution in [0.5, 0.6) is 0 Å². The largest absolute Gasteiger partial charge is 0.369 e. The summed E-state index contributed by atoms with van der Waals surface area (Å²) in [5.74, 6) is 0.952. The van der Waals surface area contributed by atoms with Crippen LogP contribution in [0.2, 0.25) is 0 Å². The number of nitrogens with one attached hydrogen (secondary N) is 1. The van der Waals surface area contributed by atoms with Crippen LogP contribution < -0.4 is 11.1 Å². The zero-order valence-electron chi connectivity index (χ0n) is 10.3. The van der Waals surface area contributed by atoms with Gasteiger partial charge in [0.05, 0.1) is 12.1 Å². The third kappa shape index (κ3) is 2.48. The second kappa shape index (κ2) is 5.32. The first-order valence-electron chi connectivity index (χ1n) is 5.93. The number of hydrogen-bond acceptors (Lipinski definition) is 4. The minimum absolute atomic E-state index is 0.247. The average Bonchev–Trinajstić information content (AvgIpc) is 2.38. The summed E-state index contributed by atoms with van der Waals surface area (Å²) in [6, 6.07) is 5.32. The lowest BCUT2D eigenvalue weighted by Gasteiger charge is -2.09. The fourth-order valence-electron chi connectivity index (χ4n) is 1.72. The summed E-state index contributed by atoms with van der Waals surface area (Å²) < 4.78 is 0. The first-order valence-corrected chi connectivity index (χ1v) is 5.93. The molecule has 0 radical (unpaired) electrons. The Kier molecular flexibility index (Phi) is 3.58. The molecule has 1 heterocycles. The molecule has 0 aliphatic rings. The minimum Gasteiger partial charge on any atom is -0.369 e. The Hall–Kier alpha value is -2.35. The number of aromatic nitrogens is 2. The molecule has 5 nitrogen and oxygen atoms in total. The van der Waals surface area contributed by atoms with Crippen molar-refractivity contribution in [3.8, 4) is 0 Å². The van der Waals surface area contributed by atoms with Gasteiger partial charge < -0.3 is 11.1 Å². The zero-order chi connectivity index (χ0) is 13.0. The van der Waals surface area contributed by atoms with E-state index in [2.05, 4.69) is 27.1 Å². The van der Waals surface area contributed by atoms with Gasteiger partial charge in [-0.15, -0.1) is 0 Å². The van der Waals surface area contributed by atoms with Crippen LogP contribution in [-0.2, 0) is 0 Å². The van der Waals surface area contributed by atoms with Crippen molar-refractivity contribution >= 4 is 28.4 Å². The van der Waals surface area contributed by atoms with Gasteiger partial charge in [0.25, 0.3) is 0 Å². The summed E-state index contributed by atoms with van der Waals surface area (Å²) in [7, 11) is 0. The fraction of sp³-hybridized carbons (Fsp3) is 0.308. The first-order chi connectivity index (χ1) is 8.74. The van der Waals surface area contributed by atoms with Crippen molar-refractivity contribution in [2.75, 3.05) is 17.6 Å². The van der Waals surface area contributed by atoms with Gasteiger partial charge in [-0.1, -0.05) is 19.4 Å². The number of nitrogens with two attached hydrogens (primary N) is 1. The van der Waals surface area contributed by atoms with E-state index in [9.17, 15) is 0 Å². The summed E-state index contributed by atoms with van der Waals surface area (Å²) in [5.41, 5.74) is 7.01. The van der Waals surface area contributed by atoms with Gasteiger partial charge in [-0.25, -0.2) is 9.83 Å². The van der Waals surface area contributed by atoms with E-state index in [-0.39, 0.29) is 5.95 Å². The molecule has 5 heteroatoms. The molecule has 18 heavy (non-hydrogen) atoms. The van der Waals surface area contributed by atoms with E-state index in [0.29, 0.717) is 11.5 Å². The predicted octanol–water partition coefficient (Wildman–Crippen LogP) is 2.97. The smallest absolute Gasteiger partial charge is 0.222 e. The molecule has 0 aliphatic heterocycles. The summed E-state index contributed by atoms with van der Waals surface area (Å²) in [6.07, 6.45) is 2.17. The van der Waals surface area contributed by atoms with Gasteiger partial charge in [-0.05, 0) is 18.6 Å². The number of nitrogen functional groups attached to an aromatic ring is 1. The topological polar surface area (TPSA) is 68.2 Å². The van der Waals surface area contributed by atoms with Crippen LogP contribution in [0.3, 0.4) is 0 Å². The van der Waals surface area contributed by atoms with Gasteiger partial charge in [0.2, 0.25) is 5.95 Å². The molecule has 0 atom stereocenters. The number of nitrogens with zero attached hydrogens (tertiary/aromatic N) is 3. The first kappa shape index (κ1) is 12.1. The molecule has 3 N–H and O–H groups in total. The van der Waals surface area contributed by atoms with Crippen molar-refractivity contribution in [3.63, 3.8) is 0 Å². The number of hydrogen-bond donors (Lipinski definition) is 2. The SMILES string of the molecule is [C-]#[N+]c1ccc2nc(N)nc(NCCCC)c2c1. The summed E-state index contributed by atoms with van der Waals surface area (Å²) in [6.45, 7) is 10.0. The van der Waals surface area contributed by atoms with Crippen molar-refractivity contribution < 1.29 is 0 Å². The Morgan fingerprint density at radius 2 is 2.22 bits per heavy atom. The van der Waals surface area contributed by atoms with Crippen molar-refractivity contribution in [1.82, 2.24) is 9.97 Å². The van der Waals surface area contributed by atoms with Gasteiger partial charge in [0.15, 0.2) is 5.69 Å². The Labute approximate surface area is 106 Å². The van der Waals surface area contributed by atoms with Crippen LogP contribution in [0.4, 0.5) is 17.5 Å². The maximum atomic E-state index is 7.04. The molecule has 0 unspecified atom stereocenters. The van der Waals surface area contributed by atoms with E-state index in [0.717, 1.165) is 30.3 Å². The predicted molar refractivity (Wildman–Crippen MR) is 73.6 cm³/mol. The Balaban J connectivity index is 2.45. The molecule has 0 amide bonds. The molecule has 2 rings (SSSR count). The van der Waals surface area contributed by atoms with Crippen molar-refractivity contribution in [2.45, 2.75) is 19.8 Å². The molecule has 0 saturated heterocycles. The quantitative estimate of drug-likeness (QED) is 0.638. The van der Waals surface area contributed by atoms with Gasteiger partial charge in [-0.3, -0.25) is 0 Å². The van der Waals surface area contributed by atoms with E-state index in [1.165, 1.54) is 0 Å². The summed E-state index contributed by atoms with van der Waals surface area (Å²) in [5, 5.41) is 4.09. The molecule has 0 fully saturated rings. The average molecular weight is 241 g/mol. The lowest BCUT2D eigenvalue weighted by molar-refractivity contribution is 0.832. The highest BCUT2D eigenvalue weighted by molar-refractivity contribution is 5.92. The van der Waals surface area contributed by atoms with Crippen molar-refractivity contribution in [1.29, 1.82) is 0 Å². The van der Waals surface area contributed by atoms with E-state index < -0.39 is 0 Å². The number of benzene rings is 1. The standard InChI is InChI=1S/C13H15N5/c1-3-4-7-16-12-10-8-9(15-2)5-6-11(10)17-13(14)18-12/h5-6,8H,3-4,7H2,1H3,(H3,14,16,17,18). The summed E-state index contributed by atoms with van der Waals surface area (Å²) >= 11 is 0. The molecule has 0 aliphatic carbocycles. The maximum absolute atomic E-state index is 7.04. The highest BCUT2D eigenvalue weighted by atomic mass is 15.1. The van der Waals surface area contributed by atoms with Crippen LogP contribution >= 0.6 is 0 Å². The maximum Gasteiger partial charge on any atom is 0.222 e. The van der Waals surface area contributed by atoms with Gasteiger partial charge in [0.1, 0.15) is 5.82 Å². The van der Waals surface area contributed by atoms with Crippen LogP contribution in [0.1, 0.15) is 19.8 Å². The number of anilines is 2. The summed E-state index contributed by atoms with van der Waals surface area (Å²) in [4.78, 5) is 11.8. The van der Waals surface area contributed by atoms with Crippen molar-refractivity contribution in [2.24, 2.45) is 0 Å². The fourth-order valence-corrected chi connectivity index (χ4v) is 1.72. The second-order valence-corrected chi connectivity index (χ2v) is 4.02. The number of fused-ring (bicyclic) bond motifs is 1. The minimum atomic E-state index is 0.247. The van der Waals surface area contributed by atoms with Gasteiger partial charge >= 0.3 is 0 Å². The third-order valence-electron chi connectivity index (χ3n) is 2.65. The van der Waals surface area contributed by atoms with E-state index >= 15 is 0 Å². The molecule has 1 aromatic heterocycles. The number of rotatable bonds is 4. The second-order valence-electron chi connectivity index (χ2n) is 4.02. The molecule has 0 saturated carbocycles. The highest BCUT2D eigenvalue weighted by Crippen LogP contribution is 2.26. The molecular formula is C13H15N5. The van der Waals surface area contributed by atoms with Gasteiger partial charge in [0, 0.05) is 11.9 Å². The molecular weight excluding hydrogens is 226 g/mol. The molecule has 0 bridgehead atoms. The Morgan fingerprint density at radius 1 is 1.39 bits per heavy atom. The number of unbranched alkanes of at least 4 members (excludes halogenated alkanes) is 1.